The fourth-order valence-corrected chi connectivity index (χ4v) is 5.08. The van der Waals surface area contributed by atoms with Gasteiger partial charge in [0.15, 0.2) is 5.76 Å². The first-order valence-corrected chi connectivity index (χ1v) is 11.7. The molecule has 168 valence electrons. The van der Waals surface area contributed by atoms with E-state index in [1.54, 1.807) is 24.3 Å². The molecule has 0 spiro atoms. The summed E-state index contributed by atoms with van der Waals surface area (Å²) in [6.07, 6.45) is 3.01. The van der Waals surface area contributed by atoms with Crippen LogP contribution < -0.4 is 5.32 Å². The number of aryl methyl sites for hydroxylation is 1. The molecule has 0 saturated carbocycles. The van der Waals surface area contributed by atoms with Crippen LogP contribution in [0.5, 0.6) is 0 Å². The van der Waals surface area contributed by atoms with Gasteiger partial charge < -0.3 is 9.73 Å². The third-order valence-electron chi connectivity index (χ3n) is 6.68. The van der Waals surface area contributed by atoms with Crippen LogP contribution in [0.2, 0.25) is 10.0 Å². The monoisotopic (exact) mass is 469 g/mol. The molecule has 1 aliphatic carbocycles. The Labute approximate surface area is 200 Å². The maximum atomic E-state index is 12.6. The zero-order chi connectivity index (χ0) is 23.3. The Kier molecular flexibility index (Phi) is 5.94. The number of anilines is 1. The zero-order valence-electron chi connectivity index (χ0n) is 19.2. The van der Waals surface area contributed by atoms with Crippen molar-refractivity contribution >= 4 is 34.8 Å². The largest absolute Gasteiger partial charge is 0.456 e. The summed E-state index contributed by atoms with van der Waals surface area (Å²) in [4.78, 5) is 12.6. The van der Waals surface area contributed by atoms with Gasteiger partial charge in [0.25, 0.3) is 5.91 Å². The predicted octanol–water partition coefficient (Wildman–Crippen LogP) is 8.09. The lowest BCUT2D eigenvalue weighted by atomic mass is 9.62. The van der Waals surface area contributed by atoms with Gasteiger partial charge in [-0.05, 0) is 83.2 Å². The number of fused-ring (bicyclic) bond motifs is 1. The van der Waals surface area contributed by atoms with Gasteiger partial charge in [-0.2, -0.15) is 0 Å². The molecule has 0 radical (unpaired) electrons. The number of furan rings is 1. The second-order valence-corrected chi connectivity index (χ2v) is 11.0. The predicted molar refractivity (Wildman–Crippen MR) is 132 cm³/mol. The third-order valence-corrected chi connectivity index (χ3v) is 7.12. The molecule has 3 nitrogen and oxygen atoms in total. The Morgan fingerprint density at radius 2 is 1.53 bits per heavy atom. The van der Waals surface area contributed by atoms with Gasteiger partial charge in [-0.1, -0.05) is 63.0 Å². The van der Waals surface area contributed by atoms with E-state index < -0.39 is 0 Å². The summed E-state index contributed by atoms with van der Waals surface area (Å²) in [7, 11) is 0. The molecule has 32 heavy (non-hydrogen) atoms. The van der Waals surface area contributed by atoms with Crippen molar-refractivity contribution < 1.29 is 9.21 Å². The van der Waals surface area contributed by atoms with Gasteiger partial charge in [-0.15, -0.1) is 0 Å². The molecule has 1 aromatic heterocycles. The van der Waals surface area contributed by atoms with Crippen LogP contribution in [0.3, 0.4) is 0 Å². The molecule has 3 aromatic rings. The smallest absolute Gasteiger partial charge is 0.291 e. The van der Waals surface area contributed by atoms with E-state index in [-0.39, 0.29) is 22.5 Å². The summed E-state index contributed by atoms with van der Waals surface area (Å²) in [6, 6.07) is 13.2. The molecule has 0 saturated heterocycles. The maximum Gasteiger partial charge on any atom is 0.291 e. The van der Waals surface area contributed by atoms with Crippen LogP contribution in [-0.4, -0.2) is 5.91 Å². The van der Waals surface area contributed by atoms with Gasteiger partial charge in [0.2, 0.25) is 0 Å². The summed E-state index contributed by atoms with van der Waals surface area (Å²) in [5.41, 5.74) is 6.24. The second kappa shape index (κ2) is 8.28. The SMILES string of the molecule is Cc1cc2c(cc1Cc1ccc(C(=O)Nc3cc(Cl)cc(Cl)c3)o1)C(C)(C)CCC2(C)C. The Hall–Kier alpha value is -2.23. The van der Waals surface area contributed by atoms with Crippen LogP contribution >= 0.6 is 23.2 Å². The van der Waals surface area contributed by atoms with Crippen LogP contribution in [0.25, 0.3) is 0 Å². The average Bonchev–Trinajstić information content (AvgIpc) is 3.15. The molecule has 1 heterocycles. The molecule has 0 bridgehead atoms. The summed E-state index contributed by atoms with van der Waals surface area (Å²) in [6.45, 7) is 11.5. The number of benzene rings is 2. The first kappa shape index (κ1) is 22.9. The quantitative estimate of drug-likeness (QED) is 0.419. The minimum atomic E-state index is -0.334. The number of hydrogen-bond donors (Lipinski definition) is 1. The second-order valence-electron chi connectivity index (χ2n) is 10.1. The first-order valence-electron chi connectivity index (χ1n) is 11.0. The Morgan fingerprint density at radius 3 is 2.16 bits per heavy atom. The van der Waals surface area contributed by atoms with E-state index in [9.17, 15) is 4.79 Å². The minimum absolute atomic E-state index is 0.153. The van der Waals surface area contributed by atoms with E-state index >= 15 is 0 Å². The Bertz CT molecular complexity index is 1170. The van der Waals surface area contributed by atoms with E-state index in [1.807, 2.05) is 6.07 Å². The van der Waals surface area contributed by atoms with E-state index in [0.717, 1.165) is 5.76 Å². The number of halogens is 2. The topological polar surface area (TPSA) is 42.2 Å². The van der Waals surface area contributed by atoms with Crippen LogP contribution in [0.15, 0.2) is 46.9 Å². The number of carbonyl (C=O) groups is 1. The van der Waals surface area contributed by atoms with E-state index in [4.69, 9.17) is 27.6 Å². The normalized spacial score (nSPS) is 16.5. The van der Waals surface area contributed by atoms with Gasteiger partial charge in [0.1, 0.15) is 5.76 Å². The summed E-state index contributed by atoms with van der Waals surface area (Å²) in [5.74, 6) is 0.683. The molecule has 1 aliphatic rings. The summed E-state index contributed by atoms with van der Waals surface area (Å²) >= 11 is 12.0. The van der Waals surface area contributed by atoms with Gasteiger partial charge in [0, 0.05) is 22.2 Å². The zero-order valence-corrected chi connectivity index (χ0v) is 20.7. The van der Waals surface area contributed by atoms with Crippen LogP contribution in [0.4, 0.5) is 5.69 Å². The van der Waals surface area contributed by atoms with Gasteiger partial charge in [0.05, 0.1) is 0 Å². The minimum Gasteiger partial charge on any atom is -0.456 e. The van der Waals surface area contributed by atoms with Crippen LogP contribution in [-0.2, 0) is 17.3 Å². The number of nitrogens with one attached hydrogen (secondary N) is 1. The highest BCUT2D eigenvalue weighted by Gasteiger charge is 2.37. The fourth-order valence-electron chi connectivity index (χ4n) is 4.56. The molecule has 2 aromatic carbocycles. The van der Waals surface area contributed by atoms with Crippen molar-refractivity contribution in [1.82, 2.24) is 0 Å². The van der Waals surface area contributed by atoms with Crippen molar-refractivity contribution in [2.24, 2.45) is 0 Å². The molecule has 0 atom stereocenters. The molecular formula is C27H29Cl2NO2. The molecular weight excluding hydrogens is 441 g/mol. The molecule has 4 rings (SSSR count). The first-order chi connectivity index (χ1) is 14.9. The van der Waals surface area contributed by atoms with Crippen molar-refractivity contribution in [2.75, 3.05) is 5.32 Å². The van der Waals surface area contributed by atoms with E-state index in [1.165, 1.54) is 35.1 Å². The van der Waals surface area contributed by atoms with Crippen molar-refractivity contribution in [3.05, 3.63) is 86.3 Å². The lowest BCUT2D eigenvalue weighted by molar-refractivity contribution is 0.0995. The standard InChI is InChI=1S/C27H29Cl2NO2/c1-16-10-22-23(27(4,5)9-8-26(22,2)3)12-17(16)11-21-6-7-24(32-21)25(31)30-20-14-18(28)13-19(29)15-20/h6-7,10,12-15H,8-9,11H2,1-5H3,(H,30,31). The molecule has 0 fully saturated rings. The highest BCUT2D eigenvalue weighted by Crippen LogP contribution is 2.46. The Balaban J connectivity index is 1.57. The fraction of sp³-hybridized carbons (Fsp3) is 0.370. The van der Waals surface area contributed by atoms with Crippen LogP contribution in [0.1, 0.15) is 79.1 Å². The lowest BCUT2D eigenvalue weighted by Crippen LogP contribution is -2.34. The van der Waals surface area contributed by atoms with Crippen molar-refractivity contribution in [2.45, 2.75) is 64.7 Å². The molecule has 1 N–H and O–H groups in total. The summed E-state index contributed by atoms with van der Waals surface area (Å²) < 4.78 is 5.90. The van der Waals surface area contributed by atoms with Gasteiger partial charge in [-0.3, -0.25) is 4.79 Å². The van der Waals surface area contributed by atoms with E-state index in [0.29, 0.717) is 22.2 Å². The molecule has 0 unspecified atom stereocenters. The van der Waals surface area contributed by atoms with E-state index in [2.05, 4.69) is 52.1 Å². The highest BCUT2D eigenvalue weighted by atomic mass is 35.5. The van der Waals surface area contributed by atoms with Crippen LogP contribution in [0, 0.1) is 6.92 Å². The summed E-state index contributed by atoms with van der Waals surface area (Å²) in [5, 5.41) is 3.71. The number of hydrogen-bond acceptors (Lipinski definition) is 2. The van der Waals surface area contributed by atoms with Gasteiger partial charge in [-0.25, -0.2) is 0 Å². The number of amides is 1. The highest BCUT2D eigenvalue weighted by molar-refractivity contribution is 6.35. The van der Waals surface area contributed by atoms with Crippen molar-refractivity contribution in [1.29, 1.82) is 0 Å². The molecule has 0 aliphatic heterocycles. The average molecular weight is 470 g/mol. The van der Waals surface area contributed by atoms with Crippen molar-refractivity contribution in [3.63, 3.8) is 0 Å². The lowest BCUT2D eigenvalue weighted by Gasteiger charge is -2.42. The third kappa shape index (κ3) is 4.60. The number of rotatable bonds is 4. The molecule has 5 heteroatoms. The van der Waals surface area contributed by atoms with Crippen molar-refractivity contribution in [3.8, 4) is 0 Å². The maximum absolute atomic E-state index is 12.6. The number of carbonyl (C=O) groups excluding carboxylic acids is 1. The van der Waals surface area contributed by atoms with Gasteiger partial charge >= 0.3 is 0 Å². The molecule has 1 amide bonds. The Morgan fingerprint density at radius 1 is 0.938 bits per heavy atom.